The van der Waals surface area contributed by atoms with Gasteiger partial charge in [0.25, 0.3) is 0 Å². The number of rotatable bonds is 5. The van der Waals surface area contributed by atoms with Crippen molar-refractivity contribution < 1.29 is 0 Å². The molecule has 0 aliphatic rings. The first-order valence-corrected chi connectivity index (χ1v) is 4.37. The first-order chi connectivity index (χ1) is 6.29. The number of nitrogens with zero attached hydrogens (tertiary/aromatic N) is 3. The first kappa shape index (κ1) is 9.92. The Labute approximate surface area is 79.0 Å². The summed E-state index contributed by atoms with van der Waals surface area (Å²) in [6.45, 7) is 2.02. The van der Waals surface area contributed by atoms with Gasteiger partial charge in [-0.05, 0) is 33.1 Å². The lowest BCUT2D eigenvalue weighted by molar-refractivity contribution is 0.405. The normalized spacial score (nSPS) is 10.4. The van der Waals surface area contributed by atoms with Gasteiger partial charge in [-0.2, -0.15) is 0 Å². The summed E-state index contributed by atoms with van der Waals surface area (Å²) in [4.78, 5) is 9.81. The van der Waals surface area contributed by atoms with Crippen molar-refractivity contribution >= 4 is 5.82 Å². The molecule has 0 fully saturated rings. The van der Waals surface area contributed by atoms with Gasteiger partial charge in [-0.15, -0.1) is 0 Å². The molecule has 0 aromatic carbocycles. The number of hydrogen-bond donors (Lipinski definition) is 1. The Balaban J connectivity index is 2.13. The molecule has 1 heterocycles. The third-order valence-electron chi connectivity index (χ3n) is 1.62. The predicted octanol–water partition coefficient (Wildman–Crippen LogP) is 0.640. The van der Waals surface area contributed by atoms with Crippen LogP contribution in [0.2, 0.25) is 0 Å². The highest BCUT2D eigenvalue weighted by atomic mass is 15.1. The Morgan fingerprint density at radius 3 is 3.00 bits per heavy atom. The van der Waals surface area contributed by atoms with Crippen LogP contribution in [0.1, 0.15) is 6.42 Å². The summed E-state index contributed by atoms with van der Waals surface area (Å²) < 4.78 is 0. The van der Waals surface area contributed by atoms with Crippen LogP contribution in [0.15, 0.2) is 12.3 Å². The Morgan fingerprint density at radius 1 is 1.54 bits per heavy atom. The molecule has 71 valence electrons. The molecule has 1 aromatic heterocycles. The SMILES string of the molecule is CN(C)CCCNc1ccn[c]n1. The summed E-state index contributed by atoms with van der Waals surface area (Å²) in [5.41, 5.74) is 0. The van der Waals surface area contributed by atoms with Crippen LogP contribution in [-0.4, -0.2) is 42.1 Å². The average molecular weight is 179 g/mol. The minimum Gasteiger partial charge on any atom is -0.370 e. The third kappa shape index (κ3) is 4.42. The van der Waals surface area contributed by atoms with Crippen LogP contribution in [0.5, 0.6) is 0 Å². The summed E-state index contributed by atoms with van der Waals surface area (Å²) >= 11 is 0. The fourth-order valence-electron chi connectivity index (χ4n) is 0.971. The van der Waals surface area contributed by atoms with Crippen LogP contribution in [0.3, 0.4) is 0 Å². The maximum Gasteiger partial charge on any atom is 0.199 e. The lowest BCUT2D eigenvalue weighted by Gasteiger charge is -2.09. The first-order valence-electron chi connectivity index (χ1n) is 4.37. The highest BCUT2D eigenvalue weighted by molar-refractivity contribution is 5.30. The van der Waals surface area contributed by atoms with E-state index >= 15 is 0 Å². The van der Waals surface area contributed by atoms with Crippen molar-refractivity contribution in [2.24, 2.45) is 0 Å². The largest absolute Gasteiger partial charge is 0.370 e. The molecule has 1 N–H and O–H groups in total. The molecular weight excluding hydrogens is 164 g/mol. The highest BCUT2D eigenvalue weighted by Crippen LogP contribution is 1.97. The Morgan fingerprint density at radius 2 is 2.38 bits per heavy atom. The molecule has 13 heavy (non-hydrogen) atoms. The van der Waals surface area contributed by atoms with E-state index in [4.69, 9.17) is 0 Å². The van der Waals surface area contributed by atoms with Gasteiger partial charge in [-0.3, -0.25) is 0 Å². The van der Waals surface area contributed by atoms with Crippen molar-refractivity contribution in [3.05, 3.63) is 18.6 Å². The molecule has 0 saturated heterocycles. The molecule has 0 aliphatic carbocycles. The maximum absolute atomic E-state index is 3.93. The second kappa shape index (κ2) is 5.48. The van der Waals surface area contributed by atoms with Gasteiger partial charge in [-0.25, -0.2) is 9.97 Å². The number of anilines is 1. The van der Waals surface area contributed by atoms with E-state index in [1.54, 1.807) is 6.20 Å². The molecule has 0 unspecified atom stereocenters. The Kier molecular flexibility index (Phi) is 4.18. The zero-order valence-electron chi connectivity index (χ0n) is 8.12. The van der Waals surface area contributed by atoms with Crippen molar-refractivity contribution in [1.29, 1.82) is 0 Å². The van der Waals surface area contributed by atoms with Crippen molar-refractivity contribution in [2.75, 3.05) is 32.5 Å². The van der Waals surface area contributed by atoms with Crippen molar-refractivity contribution in [2.45, 2.75) is 6.42 Å². The molecule has 1 radical (unpaired) electrons. The second-order valence-electron chi connectivity index (χ2n) is 3.13. The fourth-order valence-corrected chi connectivity index (χ4v) is 0.971. The van der Waals surface area contributed by atoms with Crippen molar-refractivity contribution in [1.82, 2.24) is 14.9 Å². The zero-order valence-corrected chi connectivity index (χ0v) is 8.12. The van der Waals surface area contributed by atoms with E-state index in [-0.39, 0.29) is 0 Å². The smallest absolute Gasteiger partial charge is 0.199 e. The number of hydrogen-bond acceptors (Lipinski definition) is 4. The van der Waals surface area contributed by atoms with Gasteiger partial charge >= 0.3 is 0 Å². The predicted molar refractivity (Wildman–Crippen MR) is 52.5 cm³/mol. The molecular formula is C9H15N4. The Hall–Kier alpha value is -1.16. The summed E-state index contributed by atoms with van der Waals surface area (Å²) in [6.07, 6.45) is 5.33. The summed E-state index contributed by atoms with van der Waals surface area (Å²) in [5, 5.41) is 3.19. The molecule has 1 aromatic rings. The molecule has 0 spiro atoms. The molecule has 0 bridgehead atoms. The average Bonchev–Trinajstić information content (AvgIpc) is 2.14. The van der Waals surface area contributed by atoms with Gasteiger partial charge in [0.15, 0.2) is 6.33 Å². The van der Waals surface area contributed by atoms with Crippen molar-refractivity contribution in [3.8, 4) is 0 Å². The highest BCUT2D eigenvalue weighted by Gasteiger charge is 1.92. The Bertz CT molecular complexity index is 222. The second-order valence-corrected chi connectivity index (χ2v) is 3.13. The van der Waals surface area contributed by atoms with E-state index in [9.17, 15) is 0 Å². The van der Waals surface area contributed by atoms with E-state index in [2.05, 4.69) is 40.6 Å². The van der Waals surface area contributed by atoms with Gasteiger partial charge < -0.3 is 10.2 Å². The molecule has 0 aliphatic heterocycles. The number of aromatic nitrogens is 2. The van der Waals surface area contributed by atoms with Crippen LogP contribution in [0, 0.1) is 6.33 Å². The standard InChI is InChI=1S/C9H15N4/c1-13(2)7-3-5-11-9-4-6-10-8-12-9/h4,6H,3,5,7H2,1-2H3,(H,10,11,12). The quantitative estimate of drug-likeness (QED) is 0.673. The fraction of sp³-hybridized carbons (Fsp3) is 0.556. The molecule has 0 saturated carbocycles. The molecule has 0 atom stereocenters. The van der Waals surface area contributed by atoms with Crippen molar-refractivity contribution in [3.63, 3.8) is 0 Å². The maximum atomic E-state index is 3.93. The van der Waals surface area contributed by atoms with E-state index in [0.717, 1.165) is 25.3 Å². The summed E-state index contributed by atoms with van der Waals surface area (Å²) in [7, 11) is 4.14. The van der Waals surface area contributed by atoms with Crippen LogP contribution in [-0.2, 0) is 0 Å². The summed E-state index contributed by atoms with van der Waals surface area (Å²) in [5.74, 6) is 0.841. The number of nitrogens with one attached hydrogen (secondary N) is 1. The van der Waals surface area contributed by atoms with Crippen LogP contribution in [0.25, 0.3) is 0 Å². The minimum atomic E-state index is 0.841. The van der Waals surface area contributed by atoms with E-state index in [0.29, 0.717) is 0 Å². The van der Waals surface area contributed by atoms with E-state index in [1.807, 2.05) is 6.07 Å². The molecule has 0 amide bonds. The molecule has 4 heteroatoms. The topological polar surface area (TPSA) is 41.0 Å². The van der Waals surface area contributed by atoms with Crippen LogP contribution >= 0.6 is 0 Å². The molecule has 4 nitrogen and oxygen atoms in total. The third-order valence-corrected chi connectivity index (χ3v) is 1.62. The van der Waals surface area contributed by atoms with Crippen LogP contribution in [0.4, 0.5) is 5.82 Å². The zero-order chi connectivity index (χ0) is 9.52. The van der Waals surface area contributed by atoms with E-state index < -0.39 is 0 Å². The lowest BCUT2D eigenvalue weighted by atomic mass is 10.4. The molecule has 1 rings (SSSR count). The van der Waals surface area contributed by atoms with Gasteiger partial charge in [0, 0.05) is 12.7 Å². The van der Waals surface area contributed by atoms with Gasteiger partial charge in [-0.1, -0.05) is 0 Å². The summed E-state index contributed by atoms with van der Waals surface area (Å²) in [6, 6.07) is 1.84. The minimum absolute atomic E-state index is 0.841. The van der Waals surface area contributed by atoms with E-state index in [1.165, 1.54) is 0 Å². The van der Waals surface area contributed by atoms with Gasteiger partial charge in [0.2, 0.25) is 0 Å². The van der Waals surface area contributed by atoms with Gasteiger partial charge in [0.05, 0.1) is 0 Å². The lowest BCUT2D eigenvalue weighted by Crippen LogP contribution is -2.16. The van der Waals surface area contributed by atoms with Crippen LogP contribution < -0.4 is 5.32 Å². The monoisotopic (exact) mass is 179 g/mol. The van der Waals surface area contributed by atoms with Gasteiger partial charge in [0.1, 0.15) is 5.82 Å².